The van der Waals surface area contributed by atoms with Gasteiger partial charge in [0.15, 0.2) is 0 Å². The van der Waals surface area contributed by atoms with Gasteiger partial charge in [-0.15, -0.1) is 0 Å². The Balaban J connectivity index is 2.04. The summed E-state index contributed by atoms with van der Waals surface area (Å²) in [5, 5.41) is 2.81. The molecule has 0 radical (unpaired) electrons. The van der Waals surface area contributed by atoms with Gasteiger partial charge in [0.25, 0.3) is 0 Å². The molecule has 24 heavy (non-hydrogen) atoms. The fraction of sp³-hybridized carbons (Fsp3) is 0.562. The summed E-state index contributed by atoms with van der Waals surface area (Å²) < 4.78 is 32.1. The highest BCUT2D eigenvalue weighted by Gasteiger charge is 2.30. The third-order valence-electron chi connectivity index (χ3n) is 4.06. The van der Waals surface area contributed by atoms with E-state index in [0.717, 1.165) is 12.0 Å². The molecule has 1 heterocycles. The summed E-state index contributed by atoms with van der Waals surface area (Å²) >= 11 is 0. The maximum Gasteiger partial charge on any atom is 0.317 e. The number of carbonyl (C=O) groups excluding carboxylic acids is 1. The first-order chi connectivity index (χ1) is 11.4. The Morgan fingerprint density at radius 2 is 1.92 bits per heavy atom. The summed E-state index contributed by atoms with van der Waals surface area (Å²) in [6.45, 7) is 5.81. The maximum atomic E-state index is 12.8. The Kier molecular flexibility index (Phi) is 6.06. The summed E-state index contributed by atoms with van der Waals surface area (Å²) in [6.07, 6.45) is 0.872. The second kappa shape index (κ2) is 7.85. The molecule has 1 saturated heterocycles. The molecule has 0 aliphatic carbocycles. The Morgan fingerprint density at radius 1 is 1.25 bits per heavy atom. The van der Waals surface area contributed by atoms with Crippen LogP contribution in [0.25, 0.3) is 0 Å². The number of piperazine rings is 1. The zero-order valence-electron chi connectivity index (χ0n) is 14.4. The molecule has 0 unspecified atom stereocenters. The molecule has 134 valence electrons. The number of benzene rings is 1. The Bertz CT molecular complexity index is 683. The SMILES string of the molecule is CCCNC(=O)N1CCN(S(=O)(=O)c2ccc(OC)c(C)c2)CC1. The Hall–Kier alpha value is -1.80. The van der Waals surface area contributed by atoms with Crippen molar-refractivity contribution in [2.45, 2.75) is 25.2 Å². The summed E-state index contributed by atoms with van der Waals surface area (Å²) in [7, 11) is -2.00. The monoisotopic (exact) mass is 355 g/mol. The van der Waals surface area contributed by atoms with E-state index in [1.54, 1.807) is 30.2 Å². The van der Waals surface area contributed by atoms with E-state index in [2.05, 4.69) is 5.32 Å². The fourth-order valence-corrected chi connectivity index (χ4v) is 4.14. The van der Waals surface area contributed by atoms with Crippen molar-refractivity contribution in [3.05, 3.63) is 23.8 Å². The fourth-order valence-electron chi connectivity index (χ4n) is 2.64. The predicted molar refractivity (Wildman–Crippen MR) is 91.8 cm³/mol. The van der Waals surface area contributed by atoms with Gasteiger partial charge in [-0.25, -0.2) is 13.2 Å². The highest BCUT2D eigenvalue weighted by Crippen LogP contribution is 2.24. The van der Waals surface area contributed by atoms with E-state index in [1.165, 1.54) is 4.31 Å². The van der Waals surface area contributed by atoms with Crippen molar-refractivity contribution in [2.24, 2.45) is 0 Å². The van der Waals surface area contributed by atoms with Gasteiger partial charge in [0.1, 0.15) is 5.75 Å². The van der Waals surface area contributed by atoms with Gasteiger partial charge in [0.05, 0.1) is 12.0 Å². The number of rotatable bonds is 5. The molecule has 1 aliphatic rings. The first kappa shape index (κ1) is 18.5. The topological polar surface area (TPSA) is 79.0 Å². The number of methoxy groups -OCH3 is 1. The van der Waals surface area contributed by atoms with Crippen molar-refractivity contribution < 1.29 is 17.9 Å². The van der Waals surface area contributed by atoms with Crippen LogP contribution in [0.3, 0.4) is 0 Å². The summed E-state index contributed by atoms with van der Waals surface area (Å²) in [5.41, 5.74) is 0.774. The van der Waals surface area contributed by atoms with Crippen LogP contribution in [0.5, 0.6) is 5.75 Å². The molecule has 7 nitrogen and oxygen atoms in total. The molecule has 0 bridgehead atoms. The molecule has 2 amide bonds. The number of urea groups is 1. The van der Waals surface area contributed by atoms with Crippen LogP contribution in [0.15, 0.2) is 23.1 Å². The lowest BCUT2D eigenvalue weighted by molar-refractivity contribution is 0.172. The zero-order valence-corrected chi connectivity index (χ0v) is 15.2. The van der Waals surface area contributed by atoms with Crippen molar-refractivity contribution in [1.29, 1.82) is 0 Å². The van der Waals surface area contributed by atoms with E-state index in [-0.39, 0.29) is 10.9 Å². The van der Waals surface area contributed by atoms with Gasteiger partial charge < -0.3 is 15.0 Å². The number of carbonyl (C=O) groups is 1. The largest absolute Gasteiger partial charge is 0.496 e. The lowest BCUT2D eigenvalue weighted by Gasteiger charge is -2.34. The van der Waals surface area contributed by atoms with Gasteiger partial charge >= 0.3 is 6.03 Å². The molecule has 1 N–H and O–H groups in total. The van der Waals surface area contributed by atoms with Crippen LogP contribution >= 0.6 is 0 Å². The molecule has 0 saturated carbocycles. The normalized spacial score (nSPS) is 16.0. The van der Waals surface area contributed by atoms with Gasteiger partial charge in [-0.2, -0.15) is 4.31 Å². The van der Waals surface area contributed by atoms with E-state index in [1.807, 2.05) is 13.8 Å². The minimum absolute atomic E-state index is 0.130. The zero-order chi connectivity index (χ0) is 17.7. The number of sulfonamides is 1. The standard InChI is InChI=1S/C16H25N3O4S/c1-4-7-17-16(20)18-8-10-19(11-9-18)24(21,22)14-5-6-15(23-3)13(2)12-14/h5-6,12H,4,7-11H2,1-3H3,(H,17,20). The molecule has 2 rings (SSSR count). The number of aryl methyl sites for hydroxylation is 1. The predicted octanol–water partition coefficient (Wildman–Crippen LogP) is 1.43. The first-order valence-corrected chi connectivity index (χ1v) is 9.51. The molecule has 1 aliphatic heterocycles. The molecular weight excluding hydrogens is 330 g/mol. The van der Waals surface area contributed by atoms with E-state index in [0.29, 0.717) is 38.5 Å². The highest BCUT2D eigenvalue weighted by atomic mass is 32.2. The van der Waals surface area contributed by atoms with Crippen LogP contribution in [-0.2, 0) is 10.0 Å². The molecule has 1 aromatic rings. The van der Waals surface area contributed by atoms with Gasteiger partial charge in [-0.05, 0) is 37.1 Å². The summed E-state index contributed by atoms with van der Waals surface area (Å²) in [4.78, 5) is 13.8. The van der Waals surface area contributed by atoms with Crippen molar-refractivity contribution in [3.63, 3.8) is 0 Å². The van der Waals surface area contributed by atoms with Crippen molar-refractivity contribution in [3.8, 4) is 5.75 Å². The molecule has 8 heteroatoms. The third kappa shape index (κ3) is 3.99. The van der Waals surface area contributed by atoms with Gasteiger partial charge in [-0.1, -0.05) is 6.92 Å². The lowest BCUT2D eigenvalue weighted by atomic mass is 10.2. The molecule has 1 aromatic carbocycles. The molecule has 0 spiro atoms. The van der Waals surface area contributed by atoms with Crippen LogP contribution < -0.4 is 10.1 Å². The average molecular weight is 355 g/mol. The average Bonchev–Trinajstić information content (AvgIpc) is 2.59. The summed E-state index contributed by atoms with van der Waals surface area (Å²) in [5.74, 6) is 0.659. The Labute approximate surface area is 143 Å². The summed E-state index contributed by atoms with van der Waals surface area (Å²) in [6, 6.07) is 4.71. The molecule has 1 fully saturated rings. The number of nitrogens with one attached hydrogen (secondary N) is 1. The minimum atomic E-state index is -3.56. The Morgan fingerprint density at radius 3 is 2.46 bits per heavy atom. The minimum Gasteiger partial charge on any atom is -0.496 e. The van der Waals surface area contributed by atoms with Gasteiger partial charge in [0.2, 0.25) is 10.0 Å². The van der Waals surface area contributed by atoms with E-state index >= 15 is 0 Å². The van der Waals surface area contributed by atoms with Crippen LogP contribution in [0.1, 0.15) is 18.9 Å². The van der Waals surface area contributed by atoms with Crippen molar-refractivity contribution in [1.82, 2.24) is 14.5 Å². The van der Waals surface area contributed by atoms with Gasteiger partial charge in [-0.3, -0.25) is 0 Å². The van der Waals surface area contributed by atoms with Crippen molar-refractivity contribution in [2.75, 3.05) is 39.8 Å². The molecule has 0 atom stereocenters. The number of ether oxygens (including phenoxy) is 1. The van der Waals surface area contributed by atoms with Crippen LogP contribution in [0.2, 0.25) is 0 Å². The third-order valence-corrected chi connectivity index (χ3v) is 5.95. The highest BCUT2D eigenvalue weighted by molar-refractivity contribution is 7.89. The lowest BCUT2D eigenvalue weighted by Crippen LogP contribution is -2.53. The second-order valence-corrected chi connectivity index (χ2v) is 7.69. The number of amides is 2. The van der Waals surface area contributed by atoms with E-state index < -0.39 is 10.0 Å². The number of hydrogen-bond donors (Lipinski definition) is 1. The quantitative estimate of drug-likeness (QED) is 0.867. The number of nitrogens with zero attached hydrogens (tertiary/aromatic N) is 2. The maximum absolute atomic E-state index is 12.8. The molecular formula is C16H25N3O4S. The van der Waals surface area contributed by atoms with E-state index in [4.69, 9.17) is 4.74 Å². The smallest absolute Gasteiger partial charge is 0.317 e. The van der Waals surface area contributed by atoms with Crippen LogP contribution in [-0.4, -0.2) is 63.5 Å². The molecule has 0 aromatic heterocycles. The second-order valence-electron chi connectivity index (χ2n) is 5.75. The first-order valence-electron chi connectivity index (χ1n) is 8.07. The van der Waals surface area contributed by atoms with Gasteiger partial charge in [0, 0.05) is 32.7 Å². The van der Waals surface area contributed by atoms with Crippen LogP contribution in [0.4, 0.5) is 4.79 Å². The number of hydrogen-bond acceptors (Lipinski definition) is 4. The van der Waals surface area contributed by atoms with Crippen LogP contribution in [0, 0.1) is 6.92 Å². The van der Waals surface area contributed by atoms with E-state index in [9.17, 15) is 13.2 Å². The van der Waals surface area contributed by atoms with Crippen molar-refractivity contribution >= 4 is 16.1 Å².